The molecular weight excluding hydrogens is 374 g/mol. The first kappa shape index (κ1) is 19.1. The smallest absolute Gasteiger partial charge is 0.272 e. The van der Waals surface area contributed by atoms with Gasteiger partial charge in [-0.3, -0.25) is 4.79 Å². The Bertz CT molecular complexity index is 1030. The molecule has 1 saturated carbocycles. The van der Waals surface area contributed by atoms with Gasteiger partial charge in [0.05, 0.1) is 17.5 Å². The number of carbonyl (C=O) groups excluding carboxylic acids is 1. The van der Waals surface area contributed by atoms with Crippen LogP contribution < -0.4 is 0 Å². The molecule has 2 heterocycles. The maximum absolute atomic E-state index is 13.7. The predicted molar refractivity (Wildman–Crippen MR) is 116 cm³/mol. The van der Waals surface area contributed by atoms with Crippen LogP contribution in [-0.4, -0.2) is 44.9 Å². The number of hydrogen-bond donors (Lipinski definition) is 1. The van der Waals surface area contributed by atoms with Crippen LogP contribution in [-0.2, 0) is 0 Å². The monoisotopic (exact) mass is 401 g/mol. The number of benzene rings is 2. The number of para-hydroxylation sites is 1. The summed E-state index contributed by atoms with van der Waals surface area (Å²) >= 11 is 0. The van der Waals surface area contributed by atoms with E-state index in [0.29, 0.717) is 12.2 Å². The Kier molecular flexibility index (Phi) is 4.91. The second-order valence-electron chi connectivity index (χ2n) is 8.63. The number of aliphatic hydroxyl groups excluding tert-OH is 1. The zero-order chi connectivity index (χ0) is 20.6. The molecule has 30 heavy (non-hydrogen) atoms. The minimum absolute atomic E-state index is 0.00768. The van der Waals surface area contributed by atoms with Crippen molar-refractivity contribution in [1.29, 1.82) is 0 Å². The first-order valence-corrected chi connectivity index (χ1v) is 10.8. The van der Waals surface area contributed by atoms with Crippen molar-refractivity contribution in [2.75, 3.05) is 13.1 Å². The summed E-state index contributed by atoms with van der Waals surface area (Å²) in [6.45, 7) is 1.36. The zero-order valence-corrected chi connectivity index (χ0v) is 17.1. The first-order chi connectivity index (χ1) is 14.7. The van der Waals surface area contributed by atoms with Crippen LogP contribution >= 0.6 is 0 Å². The molecule has 1 aliphatic carbocycles. The quantitative estimate of drug-likeness (QED) is 0.712. The SMILES string of the molecule is O=C(c1cc(-c2ccccc2)nn1-c1ccccc1)N1CCC[C@]2(CCC[C@H]2O)C1. The van der Waals surface area contributed by atoms with Crippen LogP contribution in [0.3, 0.4) is 0 Å². The van der Waals surface area contributed by atoms with Gasteiger partial charge in [-0.15, -0.1) is 0 Å². The van der Waals surface area contributed by atoms with Gasteiger partial charge in [0.15, 0.2) is 0 Å². The Morgan fingerprint density at radius 2 is 1.70 bits per heavy atom. The fourth-order valence-electron chi connectivity index (χ4n) is 5.14. The Balaban J connectivity index is 1.52. The molecule has 2 atom stereocenters. The number of nitrogens with zero attached hydrogens (tertiary/aromatic N) is 3. The van der Waals surface area contributed by atoms with Crippen molar-refractivity contribution in [3.8, 4) is 16.9 Å². The lowest BCUT2D eigenvalue weighted by Crippen LogP contribution is -2.49. The lowest BCUT2D eigenvalue weighted by atomic mass is 9.76. The first-order valence-electron chi connectivity index (χ1n) is 10.8. The highest BCUT2D eigenvalue weighted by Gasteiger charge is 2.46. The molecule has 2 aromatic carbocycles. The molecule has 1 aliphatic heterocycles. The molecule has 2 fully saturated rings. The van der Waals surface area contributed by atoms with E-state index in [1.165, 1.54) is 0 Å². The van der Waals surface area contributed by atoms with E-state index >= 15 is 0 Å². The van der Waals surface area contributed by atoms with E-state index in [1.807, 2.05) is 71.6 Å². The number of rotatable bonds is 3. The second-order valence-corrected chi connectivity index (χ2v) is 8.63. The molecule has 1 saturated heterocycles. The highest BCUT2D eigenvalue weighted by Crippen LogP contribution is 2.45. The summed E-state index contributed by atoms with van der Waals surface area (Å²) in [5, 5.41) is 15.4. The normalized spacial score (nSPS) is 23.8. The van der Waals surface area contributed by atoms with Crippen LogP contribution in [0, 0.1) is 5.41 Å². The number of aromatic nitrogens is 2. The number of carbonyl (C=O) groups is 1. The van der Waals surface area contributed by atoms with E-state index in [4.69, 9.17) is 5.10 Å². The second kappa shape index (κ2) is 7.73. The van der Waals surface area contributed by atoms with E-state index in [-0.39, 0.29) is 17.4 Å². The molecule has 1 spiro atoms. The molecule has 0 bridgehead atoms. The summed E-state index contributed by atoms with van der Waals surface area (Å²) in [6, 6.07) is 21.7. The minimum Gasteiger partial charge on any atom is -0.392 e. The summed E-state index contributed by atoms with van der Waals surface area (Å²) in [5.74, 6) is -0.00768. The van der Waals surface area contributed by atoms with Gasteiger partial charge in [-0.05, 0) is 43.9 Å². The van der Waals surface area contributed by atoms with Gasteiger partial charge < -0.3 is 10.0 Å². The van der Waals surface area contributed by atoms with Crippen molar-refractivity contribution in [1.82, 2.24) is 14.7 Å². The molecule has 5 rings (SSSR count). The van der Waals surface area contributed by atoms with Gasteiger partial charge >= 0.3 is 0 Å². The molecule has 0 unspecified atom stereocenters. The summed E-state index contributed by atoms with van der Waals surface area (Å²) in [4.78, 5) is 15.6. The molecule has 154 valence electrons. The molecule has 3 aromatic rings. The predicted octanol–water partition coefficient (Wildman–Crippen LogP) is 4.31. The largest absolute Gasteiger partial charge is 0.392 e. The van der Waals surface area contributed by atoms with Crippen molar-refractivity contribution >= 4 is 5.91 Å². The molecule has 1 N–H and O–H groups in total. The van der Waals surface area contributed by atoms with Crippen molar-refractivity contribution < 1.29 is 9.90 Å². The summed E-state index contributed by atoms with van der Waals surface area (Å²) in [7, 11) is 0. The maximum atomic E-state index is 13.7. The minimum atomic E-state index is -0.299. The highest BCUT2D eigenvalue weighted by atomic mass is 16.3. The van der Waals surface area contributed by atoms with E-state index < -0.39 is 0 Å². The summed E-state index contributed by atoms with van der Waals surface area (Å²) < 4.78 is 1.76. The number of amides is 1. The topological polar surface area (TPSA) is 58.4 Å². The molecule has 5 nitrogen and oxygen atoms in total. The maximum Gasteiger partial charge on any atom is 0.272 e. The van der Waals surface area contributed by atoms with E-state index in [2.05, 4.69) is 0 Å². The van der Waals surface area contributed by atoms with E-state index in [1.54, 1.807) is 4.68 Å². The van der Waals surface area contributed by atoms with E-state index in [0.717, 1.165) is 55.6 Å². The molecule has 1 aromatic heterocycles. The fraction of sp³-hybridized carbons (Fsp3) is 0.360. The third-order valence-corrected chi connectivity index (χ3v) is 6.75. The summed E-state index contributed by atoms with van der Waals surface area (Å²) in [5.41, 5.74) is 3.09. The Morgan fingerprint density at radius 3 is 2.40 bits per heavy atom. The molecule has 5 heteroatoms. The van der Waals surface area contributed by atoms with Gasteiger partial charge in [0.1, 0.15) is 5.69 Å². The van der Waals surface area contributed by atoms with Crippen molar-refractivity contribution in [2.24, 2.45) is 5.41 Å². The fourth-order valence-corrected chi connectivity index (χ4v) is 5.14. The molecular formula is C25H27N3O2. The average Bonchev–Trinajstić information content (AvgIpc) is 3.39. The van der Waals surface area contributed by atoms with Gasteiger partial charge in [-0.2, -0.15) is 5.10 Å². The lowest BCUT2D eigenvalue weighted by molar-refractivity contribution is -0.00565. The number of piperidine rings is 1. The Hall–Kier alpha value is -2.92. The van der Waals surface area contributed by atoms with Crippen LogP contribution in [0.5, 0.6) is 0 Å². The van der Waals surface area contributed by atoms with Crippen LogP contribution in [0.15, 0.2) is 66.7 Å². The highest BCUT2D eigenvalue weighted by molar-refractivity contribution is 5.94. The Labute approximate surface area is 177 Å². The van der Waals surface area contributed by atoms with Gasteiger partial charge in [-0.1, -0.05) is 55.0 Å². The third kappa shape index (κ3) is 3.33. The van der Waals surface area contributed by atoms with Crippen LogP contribution in [0.25, 0.3) is 16.9 Å². The van der Waals surface area contributed by atoms with Crippen LogP contribution in [0.1, 0.15) is 42.6 Å². The van der Waals surface area contributed by atoms with Gasteiger partial charge in [0.25, 0.3) is 5.91 Å². The summed E-state index contributed by atoms with van der Waals surface area (Å²) in [6.07, 6.45) is 4.54. The van der Waals surface area contributed by atoms with E-state index in [9.17, 15) is 9.90 Å². The average molecular weight is 402 g/mol. The number of likely N-dealkylation sites (tertiary alicyclic amines) is 1. The van der Waals surface area contributed by atoms with Gasteiger partial charge in [-0.25, -0.2) is 4.68 Å². The Morgan fingerprint density at radius 1 is 1.00 bits per heavy atom. The van der Waals surface area contributed by atoms with Gasteiger partial charge in [0.2, 0.25) is 0 Å². The van der Waals surface area contributed by atoms with Crippen LogP contribution in [0.4, 0.5) is 0 Å². The molecule has 2 aliphatic rings. The van der Waals surface area contributed by atoms with Crippen molar-refractivity contribution in [2.45, 2.75) is 38.2 Å². The lowest BCUT2D eigenvalue weighted by Gasteiger charge is -2.42. The molecule has 0 radical (unpaired) electrons. The van der Waals surface area contributed by atoms with Crippen LogP contribution in [0.2, 0.25) is 0 Å². The van der Waals surface area contributed by atoms with Gasteiger partial charge in [0, 0.05) is 24.1 Å². The zero-order valence-electron chi connectivity index (χ0n) is 17.1. The van der Waals surface area contributed by atoms with Crippen molar-refractivity contribution in [3.63, 3.8) is 0 Å². The number of aliphatic hydroxyl groups is 1. The van der Waals surface area contributed by atoms with Crippen molar-refractivity contribution in [3.05, 3.63) is 72.4 Å². The third-order valence-electron chi connectivity index (χ3n) is 6.75. The number of hydrogen-bond acceptors (Lipinski definition) is 3. The molecule has 1 amide bonds. The standard InChI is InChI=1S/C25H27N3O2/c29-23-13-7-14-25(23)15-8-16-27(18-25)24(30)22-17-21(19-9-3-1-4-10-19)26-28(22)20-11-5-2-6-12-20/h1-6,9-12,17,23,29H,7-8,13-16,18H2/t23-,25-/m1/s1.